The first-order valence-electron chi connectivity index (χ1n) is 14.1. The van der Waals surface area contributed by atoms with E-state index in [1.165, 1.54) is 23.8 Å². The van der Waals surface area contributed by atoms with E-state index in [0.717, 1.165) is 50.2 Å². The fourth-order valence-electron chi connectivity index (χ4n) is 5.87. The van der Waals surface area contributed by atoms with E-state index in [2.05, 4.69) is 17.4 Å². The Morgan fingerprint density at radius 3 is 2.92 bits per heavy atom. The Balaban J connectivity index is 1.15. The monoisotopic (exact) mass is 543 g/mol. The zero-order valence-electron chi connectivity index (χ0n) is 22.6. The summed E-state index contributed by atoms with van der Waals surface area (Å²) in [7, 11) is 0. The number of carboxylic acid groups (broad SMARTS) is 1. The Bertz CT molecular complexity index is 1160. The van der Waals surface area contributed by atoms with Crippen molar-refractivity contribution in [3.63, 3.8) is 0 Å². The number of carbonyl (C=O) groups is 1. The van der Waals surface area contributed by atoms with Crippen LogP contribution >= 0.6 is 0 Å². The van der Waals surface area contributed by atoms with Crippen LogP contribution in [0.15, 0.2) is 30.3 Å². The van der Waals surface area contributed by atoms with Crippen LogP contribution in [0.1, 0.15) is 61.9 Å². The molecule has 3 aliphatic heterocycles. The number of pyridine rings is 1. The molecule has 0 amide bonds. The van der Waals surface area contributed by atoms with Crippen LogP contribution in [0.5, 0.6) is 5.75 Å². The van der Waals surface area contributed by atoms with Crippen molar-refractivity contribution in [1.82, 2.24) is 9.88 Å². The minimum absolute atomic E-state index is 0.141. The van der Waals surface area contributed by atoms with Crippen molar-refractivity contribution in [2.24, 2.45) is 11.3 Å². The topological polar surface area (TPSA) is 83.9 Å². The van der Waals surface area contributed by atoms with Crippen molar-refractivity contribution < 1.29 is 28.2 Å². The molecular formula is C30H39F2N3O4. The van der Waals surface area contributed by atoms with Gasteiger partial charge in [0, 0.05) is 35.7 Å². The lowest BCUT2D eigenvalue weighted by Crippen LogP contribution is -2.44. The molecule has 9 heteroatoms. The van der Waals surface area contributed by atoms with Crippen molar-refractivity contribution in [1.29, 1.82) is 0 Å². The zero-order chi connectivity index (χ0) is 27.4. The predicted molar refractivity (Wildman–Crippen MR) is 144 cm³/mol. The quantitative estimate of drug-likeness (QED) is 0.357. The molecule has 39 heavy (non-hydrogen) atoms. The van der Waals surface area contributed by atoms with Gasteiger partial charge in [0.2, 0.25) is 0 Å². The number of alkyl halides is 1. The Morgan fingerprint density at radius 1 is 1.31 bits per heavy atom. The number of hydrogen-bond donors (Lipinski definition) is 2. The van der Waals surface area contributed by atoms with Crippen molar-refractivity contribution >= 4 is 11.8 Å². The van der Waals surface area contributed by atoms with Crippen LogP contribution < -0.4 is 10.1 Å². The van der Waals surface area contributed by atoms with Gasteiger partial charge in [0.15, 0.2) is 0 Å². The number of halogens is 2. The summed E-state index contributed by atoms with van der Waals surface area (Å²) < 4.78 is 40.7. The highest BCUT2D eigenvalue weighted by Crippen LogP contribution is 2.37. The van der Waals surface area contributed by atoms with Crippen LogP contribution in [0.3, 0.4) is 0 Å². The molecule has 0 bridgehead atoms. The highest BCUT2D eigenvalue weighted by atomic mass is 19.1. The first-order valence-corrected chi connectivity index (χ1v) is 14.1. The van der Waals surface area contributed by atoms with Crippen LogP contribution in [0.2, 0.25) is 0 Å². The highest BCUT2D eigenvalue weighted by molar-refractivity contribution is 5.77. The number of likely N-dealkylation sites (tertiary alicyclic amines) is 1. The SMILES string of the molecule is CC1(COc2ccc(F)cc2C(C(=O)O)N2CC[C@@H](C(F)CCCCc3ccc4c(n3)NCCC4)C2)COC1. The molecular weight excluding hydrogens is 504 g/mol. The summed E-state index contributed by atoms with van der Waals surface area (Å²) in [5.41, 5.74) is 2.42. The van der Waals surface area contributed by atoms with Crippen molar-refractivity contribution in [2.75, 3.05) is 44.8 Å². The molecule has 1 aromatic heterocycles. The summed E-state index contributed by atoms with van der Waals surface area (Å²) in [5, 5.41) is 13.5. The zero-order valence-corrected chi connectivity index (χ0v) is 22.6. The fourth-order valence-corrected chi connectivity index (χ4v) is 5.87. The van der Waals surface area contributed by atoms with Crippen molar-refractivity contribution in [3.8, 4) is 5.75 Å². The Hall–Kier alpha value is -2.78. The second-order valence-electron chi connectivity index (χ2n) is 11.7. The van der Waals surface area contributed by atoms with E-state index >= 15 is 4.39 Å². The minimum atomic E-state index is -1.10. The number of aryl methyl sites for hydroxylation is 2. The van der Waals surface area contributed by atoms with Gasteiger partial charge in [0.05, 0.1) is 19.8 Å². The highest BCUT2D eigenvalue weighted by Gasteiger charge is 2.39. The third-order valence-electron chi connectivity index (χ3n) is 8.22. The second-order valence-corrected chi connectivity index (χ2v) is 11.7. The van der Waals surface area contributed by atoms with Crippen LogP contribution in [-0.4, -0.2) is 66.6 Å². The molecule has 5 rings (SSSR count). The van der Waals surface area contributed by atoms with Gasteiger partial charge in [-0.2, -0.15) is 0 Å². The molecule has 0 spiro atoms. The number of carboxylic acids is 1. The van der Waals surface area contributed by atoms with Gasteiger partial charge in [0.1, 0.15) is 29.6 Å². The molecule has 0 radical (unpaired) electrons. The number of unbranched alkanes of at least 4 members (excludes halogenated alkanes) is 1. The molecule has 0 saturated carbocycles. The number of aliphatic carboxylic acids is 1. The average Bonchev–Trinajstić information content (AvgIpc) is 3.39. The Labute approximate surface area is 228 Å². The second kappa shape index (κ2) is 12.2. The lowest BCUT2D eigenvalue weighted by Gasteiger charge is -2.38. The molecule has 2 fully saturated rings. The van der Waals surface area contributed by atoms with Crippen LogP contribution in [0.4, 0.5) is 14.6 Å². The van der Waals surface area contributed by atoms with Gasteiger partial charge in [-0.15, -0.1) is 0 Å². The molecule has 7 nitrogen and oxygen atoms in total. The fraction of sp³-hybridized carbons (Fsp3) is 0.600. The van der Waals surface area contributed by atoms with Gasteiger partial charge >= 0.3 is 5.97 Å². The maximum Gasteiger partial charge on any atom is 0.325 e. The average molecular weight is 544 g/mol. The standard InChI is InChI=1S/C30H39F2N3O4/c1-30(17-38-18-30)19-39-26-11-9-22(31)15-24(26)27(29(36)37)35-14-12-21(16-35)25(32)7-3-2-6-23-10-8-20-5-4-13-33-28(20)34-23/h8-11,15,21,25,27H,2-7,12-14,16-19H2,1H3,(H,33,34)(H,36,37)/t21-,25?,27?/m1/s1. The molecule has 2 unspecified atom stereocenters. The summed E-state index contributed by atoms with van der Waals surface area (Å²) in [6, 6.07) is 7.12. The molecule has 2 saturated heterocycles. The maximum absolute atomic E-state index is 15.2. The number of fused-ring (bicyclic) bond motifs is 1. The molecule has 2 aromatic rings. The number of nitrogens with one attached hydrogen (secondary N) is 1. The van der Waals surface area contributed by atoms with Gasteiger partial charge in [-0.05, 0) is 74.9 Å². The molecule has 4 heterocycles. The molecule has 212 valence electrons. The summed E-state index contributed by atoms with van der Waals surface area (Å²) in [4.78, 5) is 18.9. The minimum Gasteiger partial charge on any atom is -0.492 e. The van der Waals surface area contributed by atoms with E-state index in [-0.39, 0.29) is 16.9 Å². The van der Waals surface area contributed by atoms with Crippen LogP contribution in [0, 0.1) is 17.2 Å². The first kappa shape index (κ1) is 27.8. The number of ether oxygens (including phenoxy) is 2. The van der Waals surface area contributed by atoms with E-state index in [4.69, 9.17) is 14.5 Å². The third-order valence-corrected chi connectivity index (χ3v) is 8.22. The number of nitrogens with zero attached hydrogens (tertiary/aromatic N) is 2. The Kier molecular flexibility index (Phi) is 8.67. The molecule has 0 aliphatic carbocycles. The summed E-state index contributed by atoms with van der Waals surface area (Å²) >= 11 is 0. The lowest BCUT2D eigenvalue weighted by molar-refractivity contribution is -0.143. The normalized spacial score (nSPS) is 21.9. The van der Waals surface area contributed by atoms with E-state index in [1.54, 1.807) is 4.90 Å². The molecule has 3 aliphatic rings. The molecule has 1 aromatic carbocycles. The van der Waals surface area contributed by atoms with Gasteiger partial charge in [0.25, 0.3) is 0 Å². The molecule has 2 N–H and O–H groups in total. The van der Waals surface area contributed by atoms with E-state index in [0.29, 0.717) is 51.5 Å². The van der Waals surface area contributed by atoms with E-state index < -0.39 is 24.0 Å². The van der Waals surface area contributed by atoms with Gasteiger partial charge < -0.3 is 19.9 Å². The summed E-state index contributed by atoms with van der Waals surface area (Å²) in [6.07, 6.45) is 4.60. The lowest BCUT2D eigenvalue weighted by atomic mass is 9.90. The number of rotatable bonds is 12. The Morgan fingerprint density at radius 2 is 2.15 bits per heavy atom. The number of hydrogen-bond acceptors (Lipinski definition) is 6. The van der Waals surface area contributed by atoms with Crippen molar-refractivity contribution in [3.05, 3.63) is 53.0 Å². The van der Waals surface area contributed by atoms with Crippen LogP contribution in [-0.2, 0) is 22.4 Å². The van der Waals surface area contributed by atoms with Crippen LogP contribution in [0.25, 0.3) is 0 Å². The third kappa shape index (κ3) is 6.69. The number of anilines is 1. The summed E-state index contributed by atoms with van der Waals surface area (Å²) in [5.74, 6) is -0.527. The van der Waals surface area contributed by atoms with Gasteiger partial charge in [-0.3, -0.25) is 9.69 Å². The van der Waals surface area contributed by atoms with Gasteiger partial charge in [-0.25, -0.2) is 13.8 Å². The van der Waals surface area contributed by atoms with Crippen molar-refractivity contribution in [2.45, 2.75) is 64.1 Å². The largest absolute Gasteiger partial charge is 0.492 e. The van der Waals surface area contributed by atoms with E-state index in [1.807, 2.05) is 6.92 Å². The summed E-state index contributed by atoms with van der Waals surface area (Å²) in [6.45, 7) is 5.23. The number of benzene rings is 1. The molecule has 3 atom stereocenters. The smallest absolute Gasteiger partial charge is 0.325 e. The maximum atomic E-state index is 15.2. The van der Waals surface area contributed by atoms with E-state index in [9.17, 15) is 14.3 Å². The number of aromatic nitrogens is 1. The van der Waals surface area contributed by atoms with Gasteiger partial charge in [-0.1, -0.05) is 19.4 Å². The first-order chi connectivity index (χ1) is 18.8. The predicted octanol–water partition coefficient (Wildman–Crippen LogP) is 5.19.